The Bertz CT molecular complexity index is 612. The summed E-state index contributed by atoms with van der Waals surface area (Å²) in [6.07, 6.45) is 7.25. The Morgan fingerprint density at radius 3 is 2.96 bits per heavy atom. The maximum absolute atomic E-state index is 12.6. The van der Waals surface area contributed by atoms with Crippen LogP contribution in [0, 0.1) is 0 Å². The number of benzene rings is 1. The van der Waals surface area contributed by atoms with Crippen LogP contribution in [0.4, 0.5) is 0 Å². The average molecular weight is 313 g/mol. The molecule has 0 radical (unpaired) electrons. The minimum absolute atomic E-state index is 0.0748. The number of hydrogen-bond acceptors (Lipinski definition) is 3. The topological polar surface area (TPSA) is 47.4 Å². The van der Waals surface area contributed by atoms with Crippen molar-refractivity contribution in [2.75, 3.05) is 13.1 Å². The molecule has 1 aromatic carbocycles. The number of ether oxygens (including phenoxy) is 1. The molecule has 1 fully saturated rings. The summed E-state index contributed by atoms with van der Waals surface area (Å²) in [4.78, 5) is 18.6. The number of amides is 1. The van der Waals surface area contributed by atoms with Gasteiger partial charge in [0.25, 0.3) is 5.91 Å². The molecular weight excluding hydrogens is 290 g/mol. The highest BCUT2D eigenvalue weighted by molar-refractivity contribution is 5.80. The number of hydrogen-bond donors (Lipinski definition) is 0. The fourth-order valence-electron chi connectivity index (χ4n) is 3.01. The summed E-state index contributed by atoms with van der Waals surface area (Å²) < 4.78 is 7.85. The molecule has 2 aromatic rings. The molecular formula is C18H23N3O2. The maximum Gasteiger partial charge on any atom is 0.251 e. The van der Waals surface area contributed by atoms with Crippen LogP contribution in [0.5, 0.6) is 0 Å². The van der Waals surface area contributed by atoms with Crippen molar-refractivity contribution in [3.05, 3.63) is 54.6 Å². The van der Waals surface area contributed by atoms with E-state index in [4.69, 9.17) is 4.74 Å². The van der Waals surface area contributed by atoms with Gasteiger partial charge < -0.3 is 14.2 Å². The van der Waals surface area contributed by atoms with Crippen LogP contribution in [0.2, 0.25) is 0 Å². The Morgan fingerprint density at radius 1 is 1.39 bits per heavy atom. The zero-order chi connectivity index (χ0) is 16.1. The molecule has 1 aromatic heterocycles. The van der Waals surface area contributed by atoms with Gasteiger partial charge in [-0.1, -0.05) is 30.3 Å². The molecule has 2 heterocycles. The molecule has 0 spiro atoms. The molecule has 5 heteroatoms. The predicted octanol–water partition coefficient (Wildman–Crippen LogP) is 2.65. The molecule has 2 atom stereocenters. The fourth-order valence-corrected chi connectivity index (χ4v) is 3.01. The van der Waals surface area contributed by atoms with Crippen LogP contribution in [0.15, 0.2) is 49.1 Å². The maximum atomic E-state index is 12.6. The summed E-state index contributed by atoms with van der Waals surface area (Å²) in [7, 11) is 0. The van der Waals surface area contributed by atoms with E-state index in [2.05, 4.69) is 9.55 Å². The summed E-state index contributed by atoms with van der Waals surface area (Å²) >= 11 is 0. The zero-order valence-electron chi connectivity index (χ0n) is 13.5. The van der Waals surface area contributed by atoms with Crippen molar-refractivity contribution >= 4 is 5.91 Å². The van der Waals surface area contributed by atoms with E-state index in [0.29, 0.717) is 12.6 Å². The molecule has 1 aliphatic rings. The third-order valence-corrected chi connectivity index (χ3v) is 4.35. The van der Waals surface area contributed by atoms with Crippen LogP contribution in [-0.2, 0) is 16.1 Å². The Kier molecular flexibility index (Phi) is 5.08. The Balaban J connectivity index is 1.54. The molecule has 122 valence electrons. The average Bonchev–Trinajstić information content (AvgIpc) is 3.15. The highest BCUT2D eigenvalue weighted by Gasteiger charge is 2.27. The molecule has 0 saturated carbocycles. The fraction of sp³-hybridized carbons (Fsp3) is 0.444. The molecule has 2 unspecified atom stereocenters. The third kappa shape index (κ3) is 3.99. The van der Waals surface area contributed by atoms with Gasteiger partial charge in [-0.05, 0) is 25.3 Å². The van der Waals surface area contributed by atoms with Crippen molar-refractivity contribution in [3.8, 4) is 0 Å². The van der Waals surface area contributed by atoms with Gasteiger partial charge in [-0.2, -0.15) is 0 Å². The number of piperidine rings is 1. The summed E-state index contributed by atoms with van der Waals surface area (Å²) in [5.74, 6) is 0.0748. The number of likely N-dealkylation sites (tertiary alicyclic amines) is 1. The summed E-state index contributed by atoms with van der Waals surface area (Å²) in [6.45, 7) is 3.84. The van der Waals surface area contributed by atoms with E-state index in [1.54, 1.807) is 6.20 Å². The van der Waals surface area contributed by atoms with E-state index in [-0.39, 0.29) is 5.91 Å². The first-order valence-electron chi connectivity index (χ1n) is 8.16. The Hall–Kier alpha value is -2.14. The van der Waals surface area contributed by atoms with Gasteiger partial charge in [0, 0.05) is 25.5 Å². The predicted molar refractivity (Wildman–Crippen MR) is 87.8 cm³/mol. The van der Waals surface area contributed by atoms with E-state index in [9.17, 15) is 4.79 Å². The Morgan fingerprint density at radius 2 is 2.22 bits per heavy atom. The lowest BCUT2D eigenvalue weighted by molar-refractivity contribution is -0.145. The normalized spacial score (nSPS) is 19.5. The third-order valence-electron chi connectivity index (χ3n) is 4.35. The summed E-state index contributed by atoms with van der Waals surface area (Å²) in [6, 6.07) is 10.3. The first kappa shape index (κ1) is 15.7. The molecule has 1 amide bonds. The molecule has 0 aliphatic carbocycles. The van der Waals surface area contributed by atoms with E-state index >= 15 is 0 Å². The van der Waals surface area contributed by atoms with Crippen molar-refractivity contribution in [1.82, 2.24) is 14.5 Å². The van der Waals surface area contributed by atoms with Gasteiger partial charge in [-0.25, -0.2) is 4.98 Å². The molecule has 23 heavy (non-hydrogen) atoms. The minimum Gasteiger partial charge on any atom is -0.364 e. The SMILES string of the molecule is CC(OCc1ccccc1)C(=O)N1CCCC(n2ccnc2)C1. The van der Waals surface area contributed by atoms with Crippen LogP contribution in [0.3, 0.4) is 0 Å². The van der Waals surface area contributed by atoms with Crippen molar-refractivity contribution in [1.29, 1.82) is 0 Å². The smallest absolute Gasteiger partial charge is 0.251 e. The molecule has 0 bridgehead atoms. The van der Waals surface area contributed by atoms with E-state index in [0.717, 1.165) is 31.5 Å². The molecule has 1 aliphatic heterocycles. The van der Waals surface area contributed by atoms with Crippen LogP contribution < -0.4 is 0 Å². The molecule has 0 N–H and O–H groups in total. The Labute approximate surface area is 136 Å². The van der Waals surface area contributed by atoms with Crippen LogP contribution in [-0.4, -0.2) is 39.6 Å². The monoisotopic (exact) mass is 313 g/mol. The van der Waals surface area contributed by atoms with E-state index in [1.807, 2.05) is 54.7 Å². The van der Waals surface area contributed by atoms with Crippen molar-refractivity contribution in [2.24, 2.45) is 0 Å². The second-order valence-corrected chi connectivity index (χ2v) is 6.03. The van der Waals surface area contributed by atoms with Crippen molar-refractivity contribution < 1.29 is 9.53 Å². The summed E-state index contributed by atoms with van der Waals surface area (Å²) in [5.41, 5.74) is 1.09. The number of aromatic nitrogens is 2. The quantitative estimate of drug-likeness (QED) is 0.852. The minimum atomic E-state index is -0.420. The van der Waals surface area contributed by atoms with E-state index in [1.165, 1.54) is 0 Å². The van der Waals surface area contributed by atoms with Gasteiger partial charge in [0.1, 0.15) is 6.10 Å². The number of carbonyl (C=O) groups is 1. The zero-order valence-corrected chi connectivity index (χ0v) is 13.5. The van der Waals surface area contributed by atoms with Gasteiger partial charge >= 0.3 is 0 Å². The van der Waals surface area contributed by atoms with Gasteiger partial charge in [-0.15, -0.1) is 0 Å². The number of imidazole rings is 1. The van der Waals surface area contributed by atoms with Gasteiger partial charge in [0.15, 0.2) is 0 Å². The second kappa shape index (κ2) is 7.42. The molecule has 1 saturated heterocycles. The highest BCUT2D eigenvalue weighted by Crippen LogP contribution is 2.22. The first-order valence-corrected chi connectivity index (χ1v) is 8.16. The second-order valence-electron chi connectivity index (χ2n) is 6.03. The largest absolute Gasteiger partial charge is 0.364 e. The van der Waals surface area contributed by atoms with Crippen LogP contribution >= 0.6 is 0 Å². The van der Waals surface area contributed by atoms with Crippen molar-refractivity contribution in [2.45, 2.75) is 38.5 Å². The number of carbonyl (C=O) groups excluding carboxylic acids is 1. The highest BCUT2D eigenvalue weighted by atomic mass is 16.5. The standard InChI is InChI=1S/C18H23N3O2/c1-15(23-13-16-6-3-2-4-7-16)18(22)20-10-5-8-17(12-20)21-11-9-19-14-21/h2-4,6-7,9,11,14-15,17H,5,8,10,12-13H2,1H3. The van der Waals surface area contributed by atoms with Gasteiger partial charge in [0.2, 0.25) is 0 Å². The van der Waals surface area contributed by atoms with Crippen LogP contribution in [0.1, 0.15) is 31.4 Å². The lowest BCUT2D eigenvalue weighted by atomic mass is 10.0. The van der Waals surface area contributed by atoms with E-state index < -0.39 is 6.10 Å². The molecule has 5 nitrogen and oxygen atoms in total. The lowest BCUT2D eigenvalue weighted by Crippen LogP contribution is -2.45. The van der Waals surface area contributed by atoms with Gasteiger partial charge in [0.05, 0.1) is 19.0 Å². The molecule has 3 rings (SSSR count). The first-order chi connectivity index (χ1) is 11.2. The number of rotatable bonds is 5. The van der Waals surface area contributed by atoms with Crippen LogP contribution in [0.25, 0.3) is 0 Å². The number of nitrogens with zero attached hydrogens (tertiary/aromatic N) is 3. The lowest BCUT2D eigenvalue weighted by Gasteiger charge is -2.34. The summed E-state index contributed by atoms with van der Waals surface area (Å²) in [5, 5.41) is 0. The van der Waals surface area contributed by atoms with Gasteiger partial charge in [-0.3, -0.25) is 4.79 Å². The van der Waals surface area contributed by atoms with Crippen molar-refractivity contribution in [3.63, 3.8) is 0 Å².